The molecular weight excluding hydrogens is 274 g/mol. The smallest absolute Gasteiger partial charge is 0.242 e. The molecule has 1 aliphatic heterocycles. The van der Waals surface area contributed by atoms with Crippen molar-refractivity contribution in [1.82, 2.24) is 9.71 Å². The number of nitrogens with two attached hydrogens (primary N) is 1. The molecule has 0 atom stereocenters. The second-order valence-corrected chi connectivity index (χ2v) is 7.57. The summed E-state index contributed by atoms with van der Waals surface area (Å²) < 4.78 is 37.9. The second-order valence-electron chi connectivity index (χ2n) is 4.16. The number of nitrogens with one attached hydrogen (secondary N) is 1. The Morgan fingerprint density at radius 3 is 2.56 bits per heavy atom. The second kappa shape index (κ2) is 5.33. The van der Waals surface area contributed by atoms with Gasteiger partial charge in [0.1, 0.15) is 10.7 Å². The van der Waals surface area contributed by atoms with E-state index in [0.717, 1.165) is 0 Å². The van der Waals surface area contributed by atoms with Crippen LogP contribution in [0.4, 0.5) is 5.82 Å². The van der Waals surface area contributed by atoms with Crippen LogP contribution >= 0.6 is 0 Å². The molecule has 0 aliphatic carbocycles. The van der Waals surface area contributed by atoms with Gasteiger partial charge >= 0.3 is 0 Å². The third-order valence-corrected chi connectivity index (χ3v) is 5.67. The molecule has 1 saturated heterocycles. The average molecular weight is 289 g/mol. The highest BCUT2D eigenvalue weighted by Crippen LogP contribution is 2.14. The van der Waals surface area contributed by atoms with Crippen molar-refractivity contribution < 1.29 is 12.6 Å². The summed E-state index contributed by atoms with van der Waals surface area (Å²) in [5.41, 5.74) is 5.41. The average Bonchev–Trinajstić information content (AvgIpc) is 2.32. The molecular formula is C10H15N3O3S2. The standard InChI is InChI=1S/C10H15N3O3S2/c11-10-2-1-9(7-12-10)18(15,16)13-8-3-5-17(14)6-4-8/h1-2,7-8,13H,3-6H2,(H2,11,12). The first-order chi connectivity index (χ1) is 8.47. The van der Waals surface area contributed by atoms with E-state index in [1.165, 1.54) is 18.3 Å². The zero-order valence-corrected chi connectivity index (χ0v) is 11.3. The molecule has 0 spiro atoms. The Bertz CT molecular complexity index is 532. The Kier molecular flexibility index (Phi) is 3.98. The largest absolute Gasteiger partial charge is 0.384 e. The van der Waals surface area contributed by atoms with Crippen LogP contribution in [-0.2, 0) is 20.8 Å². The van der Waals surface area contributed by atoms with Gasteiger partial charge < -0.3 is 5.73 Å². The van der Waals surface area contributed by atoms with E-state index in [4.69, 9.17) is 5.73 Å². The van der Waals surface area contributed by atoms with Gasteiger partial charge in [-0.3, -0.25) is 4.21 Å². The van der Waals surface area contributed by atoms with E-state index in [2.05, 4.69) is 9.71 Å². The van der Waals surface area contributed by atoms with Crippen molar-refractivity contribution in [3.8, 4) is 0 Å². The van der Waals surface area contributed by atoms with Gasteiger partial charge in [-0.2, -0.15) is 0 Å². The third-order valence-electron chi connectivity index (χ3n) is 2.78. The molecule has 8 heteroatoms. The molecule has 0 unspecified atom stereocenters. The van der Waals surface area contributed by atoms with Crippen molar-refractivity contribution in [2.45, 2.75) is 23.8 Å². The number of sulfonamides is 1. The SMILES string of the molecule is Nc1ccc(S(=O)(=O)NC2CCS(=O)CC2)cn1. The maximum absolute atomic E-state index is 12.0. The summed E-state index contributed by atoms with van der Waals surface area (Å²) in [6.07, 6.45) is 2.45. The first-order valence-corrected chi connectivity index (χ1v) is 8.53. The summed E-state index contributed by atoms with van der Waals surface area (Å²) in [6, 6.07) is 2.72. The number of nitrogen functional groups attached to an aromatic ring is 1. The molecule has 1 aromatic heterocycles. The van der Waals surface area contributed by atoms with Crippen LogP contribution in [0.5, 0.6) is 0 Å². The highest BCUT2D eigenvalue weighted by molar-refractivity contribution is 7.89. The first kappa shape index (κ1) is 13.4. The molecule has 0 aromatic carbocycles. The number of nitrogens with zero attached hydrogens (tertiary/aromatic N) is 1. The summed E-state index contributed by atoms with van der Waals surface area (Å²) in [6.45, 7) is 0. The number of rotatable bonds is 3. The zero-order valence-electron chi connectivity index (χ0n) is 9.70. The minimum Gasteiger partial charge on any atom is -0.384 e. The summed E-state index contributed by atoms with van der Waals surface area (Å²) >= 11 is 0. The minimum atomic E-state index is -3.56. The van der Waals surface area contributed by atoms with E-state index in [1.807, 2.05) is 0 Å². The van der Waals surface area contributed by atoms with Crippen LogP contribution in [-0.4, -0.2) is 35.2 Å². The van der Waals surface area contributed by atoms with Gasteiger partial charge in [-0.1, -0.05) is 0 Å². The van der Waals surface area contributed by atoms with Crippen LogP contribution in [0.25, 0.3) is 0 Å². The van der Waals surface area contributed by atoms with Crippen LogP contribution in [0.1, 0.15) is 12.8 Å². The summed E-state index contributed by atoms with van der Waals surface area (Å²) in [7, 11) is -4.36. The van der Waals surface area contributed by atoms with Crippen LogP contribution in [0.2, 0.25) is 0 Å². The zero-order chi connectivity index (χ0) is 13.2. The Balaban J connectivity index is 2.07. The predicted octanol–water partition coefficient (Wildman–Crippen LogP) is -0.147. The fourth-order valence-corrected chi connectivity index (χ4v) is 4.30. The molecule has 100 valence electrons. The maximum Gasteiger partial charge on any atom is 0.242 e. The normalized spacial score (nSPS) is 24.9. The number of aromatic nitrogens is 1. The molecule has 0 bridgehead atoms. The highest BCUT2D eigenvalue weighted by Gasteiger charge is 2.24. The molecule has 1 aliphatic rings. The summed E-state index contributed by atoms with van der Waals surface area (Å²) in [4.78, 5) is 3.86. The van der Waals surface area contributed by atoms with Gasteiger partial charge in [-0.15, -0.1) is 0 Å². The van der Waals surface area contributed by atoms with Crippen molar-refractivity contribution in [2.24, 2.45) is 0 Å². The van der Waals surface area contributed by atoms with Crippen LogP contribution in [0.3, 0.4) is 0 Å². The summed E-state index contributed by atoms with van der Waals surface area (Å²) in [5, 5.41) is 0. The van der Waals surface area contributed by atoms with E-state index in [1.54, 1.807) is 0 Å². The number of hydrogen-bond acceptors (Lipinski definition) is 5. The van der Waals surface area contributed by atoms with Crippen LogP contribution in [0, 0.1) is 0 Å². The summed E-state index contributed by atoms with van der Waals surface area (Å²) in [5.74, 6) is 1.38. The Labute approximate surface area is 108 Å². The Hall–Kier alpha value is -0.990. The minimum absolute atomic E-state index is 0.100. The first-order valence-electron chi connectivity index (χ1n) is 5.56. The van der Waals surface area contributed by atoms with Crippen molar-refractivity contribution in [1.29, 1.82) is 0 Å². The third kappa shape index (κ3) is 3.27. The van der Waals surface area contributed by atoms with Gasteiger partial charge in [0.15, 0.2) is 0 Å². The quantitative estimate of drug-likeness (QED) is 0.806. The molecule has 2 rings (SSSR count). The fourth-order valence-electron chi connectivity index (χ4n) is 1.75. The Morgan fingerprint density at radius 2 is 2.00 bits per heavy atom. The molecule has 0 radical (unpaired) electrons. The number of hydrogen-bond donors (Lipinski definition) is 2. The molecule has 3 N–H and O–H groups in total. The topological polar surface area (TPSA) is 102 Å². The van der Waals surface area contributed by atoms with Gasteiger partial charge in [-0.05, 0) is 25.0 Å². The van der Waals surface area contributed by atoms with E-state index in [9.17, 15) is 12.6 Å². The van der Waals surface area contributed by atoms with Gasteiger partial charge in [0.05, 0.1) is 0 Å². The molecule has 2 heterocycles. The van der Waals surface area contributed by atoms with Crippen molar-refractivity contribution in [3.63, 3.8) is 0 Å². The molecule has 1 fully saturated rings. The molecule has 0 amide bonds. The van der Waals surface area contributed by atoms with Crippen LogP contribution < -0.4 is 10.5 Å². The lowest BCUT2D eigenvalue weighted by molar-refractivity contribution is 0.521. The van der Waals surface area contributed by atoms with Gasteiger partial charge in [0, 0.05) is 34.5 Å². The molecule has 6 nitrogen and oxygen atoms in total. The number of anilines is 1. The lowest BCUT2D eigenvalue weighted by atomic mass is 10.2. The van der Waals surface area contributed by atoms with Crippen molar-refractivity contribution in [3.05, 3.63) is 18.3 Å². The molecule has 18 heavy (non-hydrogen) atoms. The van der Waals surface area contributed by atoms with Crippen molar-refractivity contribution in [2.75, 3.05) is 17.2 Å². The van der Waals surface area contributed by atoms with Gasteiger partial charge in [0.25, 0.3) is 0 Å². The Morgan fingerprint density at radius 1 is 1.33 bits per heavy atom. The highest BCUT2D eigenvalue weighted by atomic mass is 32.2. The van der Waals surface area contributed by atoms with Gasteiger partial charge in [-0.25, -0.2) is 18.1 Å². The lowest BCUT2D eigenvalue weighted by Crippen LogP contribution is -2.39. The van der Waals surface area contributed by atoms with Crippen LogP contribution in [0.15, 0.2) is 23.2 Å². The van der Waals surface area contributed by atoms with E-state index < -0.39 is 20.8 Å². The van der Waals surface area contributed by atoms with E-state index in [0.29, 0.717) is 24.3 Å². The predicted molar refractivity (Wildman–Crippen MR) is 69.9 cm³/mol. The maximum atomic E-state index is 12.0. The van der Waals surface area contributed by atoms with Crippen molar-refractivity contribution >= 4 is 26.6 Å². The van der Waals surface area contributed by atoms with E-state index in [-0.39, 0.29) is 16.8 Å². The molecule has 0 saturated carbocycles. The fraction of sp³-hybridized carbons (Fsp3) is 0.500. The van der Waals surface area contributed by atoms with Gasteiger partial charge in [0.2, 0.25) is 10.0 Å². The number of pyridine rings is 1. The lowest BCUT2D eigenvalue weighted by Gasteiger charge is -2.22. The molecule has 1 aromatic rings. The monoisotopic (exact) mass is 289 g/mol. The van der Waals surface area contributed by atoms with E-state index >= 15 is 0 Å².